The lowest BCUT2D eigenvalue weighted by molar-refractivity contribution is 0.306. The van der Waals surface area contributed by atoms with Crippen molar-refractivity contribution in [2.75, 3.05) is 6.61 Å². The van der Waals surface area contributed by atoms with Crippen LogP contribution in [0, 0.1) is 0 Å². The van der Waals surface area contributed by atoms with Crippen LogP contribution in [0.15, 0.2) is 35.2 Å². The van der Waals surface area contributed by atoms with E-state index >= 15 is 0 Å². The van der Waals surface area contributed by atoms with E-state index in [1.165, 1.54) is 83.5 Å². The smallest absolute Gasteiger partial charge is 0.296 e. The standard InChI is InChI=1S/C18H30O3S.C6H13N/c1-2-3-4-5-6-7-8-9-10-14-17-21-22(19,20)18-15-12-11-13-16-18;7-6-4-2-1-3-5-6/h11-13,15-16H,2-10,14,17H2,1H3;6H,1-5,7H2. The summed E-state index contributed by atoms with van der Waals surface area (Å²) in [6.07, 6.45) is 18.9. The van der Waals surface area contributed by atoms with Gasteiger partial charge in [-0.25, -0.2) is 0 Å². The molecule has 2 rings (SSSR count). The maximum atomic E-state index is 11.9. The Hall–Kier alpha value is -0.910. The molecule has 1 aromatic carbocycles. The van der Waals surface area contributed by atoms with Crippen molar-refractivity contribution in [1.29, 1.82) is 0 Å². The highest BCUT2D eigenvalue weighted by atomic mass is 32.2. The van der Waals surface area contributed by atoms with Crippen LogP contribution in [0.3, 0.4) is 0 Å². The van der Waals surface area contributed by atoms with Crippen LogP contribution in [0.1, 0.15) is 103 Å². The van der Waals surface area contributed by atoms with E-state index in [0.29, 0.717) is 6.04 Å². The number of benzene rings is 1. The lowest BCUT2D eigenvalue weighted by atomic mass is 9.97. The van der Waals surface area contributed by atoms with Crippen molar-refractivity contribution in [3.05, 3.63) is 30.3 Å². The molecule has 168 valence electrons. The van der Waals surface area contributed by atoms with Gasteiger partial charge in [0.1, 0.15) is 0 Å². The van der Waals surface area contributed by atoms with E-state index in [1.807, 2.05) is 0 Å². The number of unbranched alkanes of at least 4 members (excludes halogenated alkanes) is 9. The van der Waals surface area contributed by atoms with Gasteiger partial charge in [-0.1, -0.05) is 102 Å². The quantitative estimate of drug-likeness (QED) is 0.286. The summed E-state index contributed by atoms with van der Waals surface area (Å²) in [6, 6.07) is 8.87. The van der Waals surface area contributed by atoms with E-state index in [9.17, 15) is 8.42 Å². The average Bonchev–Trinajstić information content (AvgIpc) is 2.74. The van der Waals surface area contributed by atoms with Crippen LogP contribution >= 0.6 is 0 Å². The molecular formula is C24H43NO3S. The maximum Gasteiger partial charge on any atom is 0.296 e. The van der Waals surface area contributed by atoms with E-state index in [1.54, 1.807) is 30.3 Å². The molecule has 29 heavy (non-hydrogen) atoms. The van der Waals surface area contributed by atoms with Crippen molar-refractivity contribution in [2.45, 2.75) is 114 Å². The van der Waals surface area contributed by atoms with Crippen molar-refractivity contribution in [1.82, 2.24) is 0 Å². The first-order chi connectivity index (χ1) is 14.1. The zero-order valence-electron chi connectivity index (χ0n) is 18.5. The first kappa shape index (κ1) is 26.1. The second kappa shape index (κ2) is 16.8. The minimum Gasteiger partial charge on any atom is -0.328 e. The molecule has 0 aromatic heterocycles. The van der Waals surface area contributed by atoms with Crippen molar-refractivity contribution >= 4 is 10.1 Å². The van der Waals surface area contributed by atoms with E-state index in [-0.39, 0.29) is 11.5 Å². The Kier molecular flexibility index (Phi) is 15.2. The molecule has 0 radical (unpaired) electrons. The Labute approximate surface area is 179 Å². The van der Waals surface area contributed by atoms with Gasteiger partial charge in [0.25, 0.3) is 10.1 Å². The van der Waals surface area contributed by atoms with Crippen molar-refractivity contribution < 1.29 is 12.6 Å². The lowest BCUT2D eigenvalue weighted by Crippen LogP contribution is -2.22. The molecule has 0 atom stereocenters. The molecule has 0 spiro atoms. The monoisotopic (exact) mass is 425 g/mol. The zero-order valence-corrected chi connectivity index (χ0v) is 19.3. The molecule has 0 heterocycles. The topological polar surface area (TPSA) is 69.4 Å². The number of nitrogens with two attached hydrogens (primary N) is 1. The molecule has 1 fully saturated rings. The lowest BCUT2D eigenvalue weighted by Gasteiger charge is -2.15. The van der Waals surface area contributed by atoms with Crippen LogP contribution in [-0.4, -0.2) is 21.1 Å². The van der Waals surface area contributed by atoms with Gasteiger partial charge in [0.2, 0.25) is 0 Å². The summed E-state index contributed by atoms with van der Waals surface area (Å²) < 4.78 is 28.8. The minimum atomic E-state index is -3.57. The third kappa shape index (κ3) is 13.8. The van der Waals surface area contributed by atoms with E-state index in [0.717, 1.165) is 12.8 Å². The Morgan fingerprint density at radius 1 is 0.828 bits per heavy atom. The van der Waals surface area contributed by atoms with E-state index in [4.69, 9.17) is 9.92 Å². The highest BCUT2D eigenvalue weighted by molar-refractivity contribution is 7.86. The van der Waals surface area contributed by atoms with Gasteiger partial charge < -0.3 is 5.73 Å². The molecule has 5 heteroatoms. The van der Waals surface area contributed by atoms with E-state index < -0.39 is 10.1 Å². The predicted octanol–water partition coefficient (Wildman–Crippen LogP) is 6.59. The maximum absolute atomic E-state index is 11.9. The van der Waals surface area contributed by atoms with Gasteiger partial charge in [-0.05, 0) is 31.4 Å². The largest absolute Gasteiger partial charge is 0.328 e. The van der Waals surface area contributed by atoms with Crippen molar-refractivity contribution in [2.24, 2.45) is 5.73 Å². The molecule has 0 amide bonds. The van der Waals surface area contributed by atoms with Crippen molar-refractivity contribution in [3.63, 3.8) is 0 Å². The zero-order chi connectivity index (χ0) is 21.2. The summed E-state index contributed by atoms with van der Waals surface area (Å²) in [4.78, 5) is 0.238. The van der Waals surface area contributed by atoms with Crippen molar-refractivity contribution in [3.8, 4) is 0 Å². The van der Waals surface area contributed by atoms with Gasteiger partial charge >= 0.3 is 0 Å². The fourth-order valence-electron chi connectivity index (χ4n) is 3.55. The summed E-state index contributed by atoms with van der Waals surface area (Å²) in [5, 5.41) is 0. The predicted molar refractivity (Wildman–Crippen MR) is 122 cm³/mol. The fourth-order valence-corrected chi connectivity index (χ4v) is 4.51. The molecular weight excluding hydrogens is 382 g/mol. The summed E-state index contributed by atoms with van der Waals surface area (Å²) in [5.74, 6) is 0. The van der Waals surface area contributed by atoms with Gasteiger partial charge in [-0.2, -0.15) is 8.42 Å². The third-order valence-corrected chi connectivity index (χ3v) is 6.74. The molecule has 1 saturated carbocycles. The molecule has 1 aromatic rings. The highest BCUT2D eigenvalue weighted by Crippen LogP contribution is 2.15. The molecule has 0 unspecified atom stereocenters. The third-order valence-electron chi connectivity index (χ3n) is 5.42. The molecule has 2 N–H and O–H groups in total. The van der Waals surface area contributed by atoms with Gasteiger partial charge in [-0.3, -0.25) is 4.18 Å². The van der Waals surface area contributed by atoms with Gasteiger partial charge in [0, 0.05) is 6.04 Å². The second-order valence-corrected chi connectivity index (χ2v) is 9.78. The Morgan fingerprint density at radius 2 is 1.34 bits per heavy atom. The van der Waals surface area contributed by atoms with Gasteiger partial charge in [-0.15, -0.1) is 0 Å². The Bertz CT molecular complexity index is 583. The SMILES string of the molecule is CCCCCCCCCCCCOS(=O)(=O)c1ccccc1.NC1CCCCC1. The number of rotatable bonds is 13. The molecule has 1 aliphatic rings. The van der Waals surface area contributed by atoms with Crippen LogP contribution in [0.2, 0.25) is 0 Å². The first-order valence-electron chi connectivity index (χ1n) is 11.8. The summed E-state index contributed by atoms with van der Waals surface area (Å²) in [6.45, 7) is 2.52. The average molecular weight is 426 g/mol. The minimum absolute atomic E-state index is 0.238. The molecule has 0 saturated heterocycles. The van der Waals surface area contributed by atoms with Crippen LogP contribution in [-0.2, 0) is 14.3 Å². The molecule has 4 nitrogen and oxygen atoms in total. The Balaban J connectivity index is 0.000000502. The second-order valence-electron chi connectivity index (χ2n) is 8.17. The fraction of sp³-hybridized carbons (Fsp3) is 0.750. The van der Waals surface area contributed by atoms with Crippen LogP contribution in [0.4, 0.5) is 0 Å². The van der Waals surface area contributed by atoms with Crippen LogP contribution < -0.4 is 5.73 Å². The molecule has 1 aliphatic carbocycles. The molecule has 0 bridgehead atoms. The summed E-state index contributed by atoms with van der Waals surface area (Å²) in [7, 11) is -3.57. The number of hydrogen-bond acceptors (Lipinski definition) is 4. The summed E-state index contributed by atoms with van der Waals surface area (Å²) >= 11 is 0. The van der Waals surface area contributed by atoms with Crippen LogP contribution in [0.5, 0.6) is 0 Å². The first-order valence-corrected chi connectivity index (χ1v) is 13.2. The number of hydrogen-bond donors (Lipinski definition) is 1. The summed E-state index contributed by atoms with van der Waals surface area (Å²) in [5.41, 5.74) is 5.63. The highest BCUT2D eigenvalue weighted by Gasteiger charge is 2.13. The normalized spacial score (nSPS) is 15.0. The van der Waals surface area contributed by atoms with Crippen LogP contribution in [0.25, 0.3) is 0 Å². The Morgan fingerprint density at radius 3 is 1.83 bits per heavy atom. The van der Waals surface area contributed by atoms with Gasteiger partial charge in [0.15, 0.2) is 0 Å². The molecule has 0 aliphatic heterocycles. The van der Waals surface area contributed by atoms with Gasteiger partial charge in [0.05, 0.1) is 11.5 Å². The van der Waals surface area contributed by atoms with E-state index in [2.05, 4.69) is 6.92 Å².